The molecule has 14 heavy (non-hydrogen) atoms. The molecule has 1 aromatic carbocycles. The lowest BCUT2D eigenvalue weighted by Crippen LogP contribution is -1.88. The van der Waals surface area contributed by atoms with Crippen molar-refractivity contribution in [3.63, 3.8) is 0 Å². The van der Waals surface area contributed by atoms with E-state index in [-0.39, 0.29) is 0 Å². The first kappa shape index (κ1) is 9.22. The fourth-order valence-electron chi connectivity index (χ4n) is 1.49. The quantitative estimate of drug-likeness (QED) is 0.832. The highest BCUT2D eigenvalue weighted by Crippen LogP contribution is 2.19. The van der Waals surface area contributed by atoms with E-state index in [9.17, 15) is 0 Å². The zero-order valence-electron chi connectivity index (χ0n) is 7.42. The van der Waals surface area contributed by atoms with Gasteiger partial charge in [0.25, 0.3) is 0 Å². The summed E-state index contributed by atoms with van der Waals surface area (Å²) < 4.78 is 0. The molecule has 0 atom stereocenters. The molecule has 4 heteroatoms. The number of halogens is 1. The minimum atomic E-state index is 0.405. The summed E-state index contributed by atoms with van der Waals surface area (Å²) in [5.74, 6) is 0. The van der Waals surface area contributed by atoms with E-state index in [1.165, 1.54) is 0 Å². The van der Waals surface area contributed by atoms with Crippen LogP contribution in [-0.4, -0.2) is 9.97 Å². The van der Waals surface area contributed by atoms with E-state index in [0.717, 1.165) is 27.5 Å². The molecule has 2 aromatic rings. The number of alkyl halides is 1. The summed E-state index contributed by atoms with van der Waals surface area (Å²) in [5, 5.41) is 9.47. The second-order valence-electron chi connectivity index (χ2n) is 3.02. The number of aromatic nitrogens is 2. The minimum Gasteiger partial charge on any atom is -0.345 e. The van der Waals surface area contributed by atoms with E-state index < -0.39 is 0 Å². The molecule has 0 spiro atoms. The van der Waals surface area contributed by atoms with E-state index in [1.807, 2.05) is 12.1 Å². The number of hydrogen-bond acceptors (Lipinski definition) is 2. The molecule has 1 heterocycles. The van der Waals surface area contributed by atoms with Gasteiger partial charge in [-0.05, 0) is 17.2 Å². The number of benzene rings is 1. The van der Waals surface area contributed by atoms with Crippen LogP contribution >= 0.6 is 15.9 Å². The van der Waals surface area contributed by atoms with E-state index in [1.54, 1.807) is 6.33 Å². The number of hydrogen-bond donors (Lipinski definition) is 1. The minimum absolute atomic E-state index is 0.405. The van der Waals surface area contributed by atoms with Crippen molar-refractivity contribution in [2.24, 2.45) is 0 Å². The van der Waals surface area contributed by atoms with Gasteiger partial charge in [-0.1, -0.05) is 22.0 Å². The third-order valence-corrected chi connectivity index (χ3v) is 2.73. The predicted molar refractivity (Wildman–Crippen MR) is 58.0 cm³/mol. The summed E-state index contributed by atoms with van der Waals surface area (Å²) >= 11 is 3.40. The molecule has 0 saturated carbocycles. The molecule has 0 fully saturated rings. The Morgan fingerprint density at radius 2 is 2.36 bits per heavy atom. The summed E-state index contributed by atoms with van der Waals surface area (Å²) in [5.41, 5.74) is 4.04. The maximum atomic E-state index is 8.68. The number of fused-ring (bicyclic) bond motifs is 1. The Kier molecular flexibility index (Phi) is 2.51. The number of nitriles is 1. The molecule has 1 N–H and O–H groups in total. The van der Waals surface area contributed by atoms with Crippen molar-refractivity contribution in [3.8, 4) is 6.07 Å². The predicted octanol–water partition coefficient (Wildman–Crippen LogP) is 2.52. The van der Waals surface area contributed by atoms with Gasteiger partial charge in [-0.15, -0.1) is 0 Å². The lowest BCUT2D eigenvalue weighted by molar-refractivity contribution is 1.25. The molecule has 0 unspecified atom stereocenters. The first-order chi connectivity index (χ1) is 6.85. The maximum absolute atomic E-state index is 8.68. The van der Waals surface area contributed by atoms with E-state index in [0.29, 0.717) is 6.42 Å². The van der Waals surface area contributed by atoms with Crippen molar-refractivity contribution in [1.82, 2.24) is 9.97 Å². The number of imidazole rings is 1. The molecule has 2 rings (SSSR count). The average molecular weight is 250 g/mol. The van der Waals surface area contributed by atoms with Crippen LogP contribution in [0.4, 0.5) is 0 Å². The largest absolute Gasteiger partial charge is 0.345 e. The molecule has 0 aliphatic heterocycles. The van der Waals surface area contributed by atoms with Crippen molar-refractivity contribution >= 4 is 27.0 Å². The Morgan fingerprint density at radius 1 is 1.50 bits per heavy atom. The molecule has 0 bridgehead atoms. The van der Waals surface area contributed by atoms with Crippen LogP contribution in [0, 0.1) is 11.3 Å². The van der Waals surface area contributed by atoms with Gasteiger partial charge in [0.2, 0.25) is 0 Å². The van der Waals surface area contributed by atoms with Gasteiger partial charge in [-0.3, -0.25) is 0 Å². The number of rotatable bonds is 2. The lowest BCUT2D eigenvalue weighted by Gasteiger charge is -2.00. The van der Waals surface area contributed by atoms with Crippen LogP contribution in [0.25, 0.3) is 11.0 Å². The summed E-state index contributed by atoms with van der Waals surface area (Å²) in [4.78, 5) is 7.24. The Morgan fingerprint density at radius 3 is 3.07 bits per heavy atom. The molecule has 3 nitrogen and oxygen atoms in total. The first-order valence-electron chi connectivity index (χ1n) is 4.23. The van der Waals surface area contributed by atoms with Crippen molar-refractivity contribution in [3.05, 3.63) is 29.6 Å². The highest BCUT2D eigenvalue weighted by molar-refractivity contribution is 9.08. The lowest BCUT2D eigenvalue weighted by atomic mass is 10.1. The Balaban J connectivity index is 2.65. The van der Waals surface area contributed by atoms with Gasteiger partial charge in [0.05, 0.1) is 29.9 Å². The monoisotopic (exact) mass is 249 g/mol. The molecule has 0 aliphatic carbocycles. The summed E-state index contributed by atoms with van der Waals surface area (Å²) in [6, 6.07) is 6.20. The fourth-order valence-corrected chi connectivity index (χ4v) is 1.81. The fraction of sp³-hybridized carbons (Fsp3) is 0.200. The van der Waals surface area contributed by atoms with Crippen LogP contribution in [0.1, 0.15) is 11.1 Å². The topological polar surface area (TPSA) is 52.5 Å². The Labute approximate surface area is 89.9 Å². The van der Waals surface area contributed by atoms with Crippen molar-refractivity contribution in [1.29, 1.82) is 5.26 Å². The second kappa shape index (κ2) is 3.81. The SMILES string of the molecule is N#CCc1cc(CBr)cc2[nH]cnc12. The number of nitrogens with zero attached hydrogens (tertiary/aromatic N) is 2. The summed E-state index contributed by atoms with van der Waals surface area (Å²) in [6.07, 6.45) is 2.06. The van der Waals surface area contributed by atoms with Gasteiger partial charge in [0.15, 0.2) is 0 Å². The van der Waals surface area contributed by atoms with Crippen molar-refractivity contribution < 1.29 is 0 Å². The van der Waals surface area contributed by atoms with Crippen LogP contribution in [0.5, 0.6) is 0 Å². The normalized spacial score (nSPS) is 10.3. The molecular formula is C10H8BrN3. The molecular weight excluding hydrogens is 242 g/mol. The first-order valence-corrected chi connectivity index (χ1v) is 5.35. The molecule has 0 amide bonds. The van der Waals surface area contributed by atoms with Gasteiger partial charge in [0, 0.05) is 5.33 Å². The standard InChI is InChI=1S/C10H8BrN3/c11-5-7-3-8(1-2-12)10-9(4-7)13-6-14-10/h3-4,6H,1,5H2,(H,13,14). The number of nitrogens with one attached hydrogen (secondary N) is 1. The van der Waals surface area contributed by atoms with Gasteiger partial charge in [0.1, 0.15) is 0 Å². The van der Waals surface area contributed by atoms with Crippen LogP contribution in [0.15, 0.2) is 18.5 Å². The van der Waals surface area contributed by atoms with Gasteiger partial charge in [-0.2, -0.15) is 5.26 Å². The molecule has 0 saturated heterocycles. The van der Waals surface area contributed by atoms with Crippen LogP contribution in [0.2, 0.25) is 0 Å². The third-order valence-electron chi connectivity index (χ3n) is 2.09. The molecule has 0 radical (unpaired) electrons. The number of H-pyrrole nitrogens is 1. The maximum Gasteiger partial charge on any atom is 0.0932 e. The van der Waals surface area contributed by atoms with Crippen molar-refractivity contribution in [2.75, 3.05) is 0 Å². The molecule has 0 aliphatic rings. The van der Waals surface area contributed by atoms with Crippen LogP contribution < -0.4 is 0 Å². The summed E-state index contributed by atoms with van der Waals surface area (Å²) in [6.45, 7) is 0. The van der Waals surface area contributed by atoms with Crippen molar-refractivity contribution in [2.45, 2.75) is 11.8 Å². The zero-order chi connectivity index (χ0) is 9.97. The van der Waals surface area contributed by atoms with E-state index >= 15 is 0 Å². The summed E-state index contributed by atoms with van der Waals surface area (Å²) in [7, 11) is 0. The highest BCUT2D eigenvalue weighted by atomic mass is 79.9. The molecule has 1 aromatic heterocycles. The number of aromatic amines is 1. The highest BCUT2D eigenvalue weighted by Gasteiger charge is 2.05. The van der Waals surface area contributed by atoms with E-state index in [2.05, 4.69) is 32.0 Å². The van der Waals surface area contributed by atoms with Gasteiger partial charge < -0.3 is 4.98 Å². The Hall–Kier alpha value is -1.34. The smallest absolute Gasteiger partial charge is 0.0932 e. The van der Waals surface area contributed by atoms with Gasteiger partial charge in [-0.25, -0.2) is 4.98 Å². The second-order valence-corrected chi connectivity index (χ2v) is 3.58. The van der Waals surface area contributed by atoms with Gasteiger partial charge >= 0.3 is 0 Å². The molecule has 70 valence electrons. The zero-order valence-corrected chi connectivity index (χ0v) is 9.00. The van der Waals surface area contributed by atoms with Crippen LogP contribution in [0.3, 0.4) is 0 Å². The van der Waals surface area contributed by atoms with E-state index in [4.69, 9.17) is 5.26 Å². The Bertz CT molecular complexity index is 496. The van der Waals surface area contributed by atoms with Crippen LogP contribution in [-0.2, 0) is 11.8 Å². The third kappa shape index (κ3) is 1.51. The average Bonchev–Trinajstić information content (AvgIpc) is 2.66.